The molecule has 0 radical (unpaired) electrons. The summed E-state index contributed by atoms with van der Waals surface area (Å²) in [6.07, 6.45) is 2.40. The van der Waals surface area contributed by atoms with Gasteiger partial charge in [-0.25, -0.2) is 0 Å². The lowest BCUT2D eigenvalue weighted by atomic mass is 9.74. The number of benzene rings is 2. The molecule has 3 rings (SSSR count). The Kier molecular flexibility index (Phi) is 4.63. The first kappa shape index (κ1) is 15.9. The molecule has 0 spiro atoms. The fourth-order valence-corrected chi connectivity index (χ4v) is 3.67. The van der Waals surface area contributed by atoms with Crippen molar-refractivity contribution in [2.75, 3.05) is 13.2 Å². The molecule has 2 heteroatoms. The summed E-state index contributed by atoms with van der Waals surface area (Å²) in [5, 5.41) is 0. The average molecular weight is 308 g/mol. The van der Waals surface area contributed by atoms with Gasteiger partial charge in [0.1, 0.15) is 11.2 Å². The van der Waals surface area contributed by atoms with Gasteiger partial charge < -0.3 is 4.74 Å². The van der Waals surface area contributed by atoms with Gasteiger partial charge in [0.15, 0.2) is 0 Å². The molecule has 0 fully saturated rings. The lowest BCUT2D eigenvalue weighted by molar-refractivity contribution is -0.125. The van der Waals surface area contributed by atoms with Crippen LogP contribution in [0.3, 0.4) is 0 Å². The predicted octanol–water partition coefficient (Wildman–Crippen LogP) is 4.75. The number of carbonyl (C=O) groups is 1. The summed E-state index contributed by atoms with van der Waals surface area (Å²) in [5.74, 6) is 0.272. The van der Waals surface area contributed by atoms with Crippen LogP contribution in [-0.4, -0.2) is 19.0 Å². The van der Waals surface area contributed by atoms with E-state index >= 15 is 0 Å². The summed E-state index contributed by atoms with van der Waals surface area (Å²) >= 11 is 0. The molecule has 2 aromatic carbocycles. The molecule has 0 aromatic heterocycles. The number of hydrogen-bond acceptors (Lipinski definition) is 2. The summed E-state index contributed by atoms with van der Waals surface area (Å²) in [5.41, 5.74) is 3.92. The van der Waals surface area contributed by atoms with Crippen molar-refractivity contribution < 1.29 is 9.53 Å². The van der Waals surface area contributed by atoms with Crippen LogP contribution < -0.4 is 0 Å². The van der Waals surface area contributed by atoms with Crippen LogP contribution >= 0.6 is 0 Å². The Morgan fingerprint density at radius 3 is 2.00 bits per heavy atom. The van der Waals surface area contributed by atoms with Crippen LogP contribution in [0.5, 0.6) is 0 Å². The smallest absolute Gasteiger partial charge is 0.150 e. The maximum absolute atomic E-state index is 13.2. The molecule has 0 bridgehead atoms. The molecule has 0 saturated carbocycles. The van der Waals surface area contributed by atoms with Crippen LogP contribution in [0, 0.1) is 0 Å². The molecule has 0 amide bonds. The van der Waals surface area contributed by atoms with E-state index in [0.29, 0.717) is 19.6 Å². The first-order valence-electron chi connectivity index (χ1n) is 8.56. The molecule has 0 saturated heterocycles. The Labute approximate surface area is 138 Å². The van der Waals surface area contributed by atoms with Crippen molar-refractivity contribution in [3.8, 4) is 11.1 Å². The average Bonchev–Trinajstić information content (AvgIpc) is 2.87. The minimum atomic E-state index is -0.641. The van der Waals surface area contributed by atoms with Crippen LogP contribution in [0.25, 0.3) is 11.1 Å². The topological polar surface area (TPSA) is 26.3 Å². The molecular formula is C21H24O2. The highest BCUT2D eigenvalue weighted by atomic mass is 16.5. The molecule has 120 valence electrons. The Balaban J connectivity index is 2.18. The van der Waals surface area contributed by atoms with E-state index in [-0.39, 0.29) is 5.78 Å². The summed E-state index contributed by atoms with van der Waals surface area (Å²) in [7, 11) is 0. The van der Waals surface area contributed by atoms with Crippen molar-refractivity contribution in [3.63, 3.8) is 0 Å². The number of Topliss-reactive ketones (excluding diaryl/α,β-unsaturated/α-hetero) is 1. The number of carbonyl (C=O) groups excluding carboxylic acids is 1. The monoisotopic (exact) mass is 308 g/mol. The quantitative estimate of drug-likeness (QED) is 0.690. The zero-order valence-corrected chi connectivity index (χ0v) is 14.0. The van der Waals surface area contributed by atoms with Gasteiger partial charge in [0.2, 0.25) is 0 Å². The van der Waals surface area contributed by atoms with E-state index in [1.165, 1.54) is 11.1 Å². The molecule has 0 atom stereocenters. The van der Waals surface area contributed by atoms with E-state index in [1.54, 1.807) is 0 Å². The van der Waals surface area contributed by atoms with E-state index in [1.807, 2.05) is 24.3 Å². The molecule has 0 heterocycles. The largest absolute Gasteiger partial charge is 0.380 e. The minimum Gasteiger partial charge on any atom is -0.380 e. The first-order valence-corrected chi connectivity index (χ1v) is 8.56. The van der Waals surface area contributed by atoms with Crippen LogP contribution in [0.2, 0.25) is 0 Å². The van der Waals surface area contributed by atoms with Crippen molar-refractivity contribution in [1.82, 2.24) is 0 Å². The number of fused-ring (bicyclic) bond motifs is 3. The predicted molar refractivity (Wildman–Crippen MR) is 93.7 cm³/mol. The summed E-state index contributed by atoms with van der Waals surface area (Å²) in [4.78, 5) is 13.2. The molecule has 2 nitrogen and oxygen atoms in total. The molecule has 23 heavy (non-hydrogen) atoms. The van der Waals surface area contributed by atoms with E-state index in [4.69, 9.17) is 4.74 Å². The van der Waals surface area contributed by atoms with E-state index < -0.39 is 5.41 Å². The van der Waals surface area contributed by atoms with E-state index in [2.05, 4.69) is 38.1 Å². The van der Waals surface area contributed by atoms with Gasteiger partial charge in [0, 0.05) is 13.0 Å². The minimum absolute atomic E-state index is 0.272. The molecule has 0 unspecified atom stereocenters. The molecule has 1 aliphatic rings. The van der Waals surface area contributed by atoms with Gasteiger partial charge in [-0.15, -0.1) is 0 Å². The standard InChI is InChI=1S/C21H24O2/c1-3-9-20(22)21(15-23-14-4-2)18-12-7-5-10-16(18)17-11-6-8-13-19(17)21/h5-8,10-13H,3-4,9,14-15H2,1-2H3. The van der Waals surface area contributed by atoms with E-state index in [9.17, 15) is 4.79 Å². The van der Waals surface area contributed by atoms with Gasteiger partial charge in [-0.2, -0.15) is 0 Å². The fraction of sp³-hybridized carbons (Fsp3) is 0.381. The third kappa shape index (κ3) is 2.51. The third-order valence-corrected chi connectivity index (χ3v) is 4.68. The Morgan fingerprint density at radius 1 is 0.913 bits per heavy atom. The lowest BCUT2D eigenvalue weighted by Crippen LogP contribution is -2.40. The van der Waals surface area contributed by atoms with Gasteiger partial charge in [0.25, 0.3) is 0 Å². The summed E-state index contributed by atoms with van der Waals surface area (Å²) in [6.45, 7) is 5.28. The van der Waals surface area contributed by atoms with E-state index in [0.717, 1.165) is 24.0 Å². The zero-order valence-electron chi connectivity index (χ0n) is 14.0. The van der Waals surface area contributed by atoms with Gasteiger partial charge in [-0.05, 0) is 35.1 Å². The third-order valence-electron chi connectivity index (χ3n) is 4.68. The molecule has 0 aliphatic heterocycles. The van der Waals surface area contributed by atoms with Crippen molar-refractivity contribution in [2.45, 2.75) is 38.5 Å². The summed E-state index contributed by atoms with van der Waals surface area (Å²) in [6, 6.07) is 16.6. The van der Waals surface area contributed by atoms with Gasteiger partial charge in [-0.3, -0.25) is 4.79 Å². The fourth-order valence-electron chi connectivity index (χ4n) is 3.67. The van der Waals surface area contributed by atoms with Crippen LogP contribution in [0.4, 0.5) is 0 Å². The SMILES string of the molecule is CCCOCC1(C(=O)CCC)c2ccccc2-c2ccccc21. The number of hydrogen-bond donors (Lipinski definition) is 0. The van der Waals surface area contributed by atoms with Crippen LogP contribution in [0.15, 0.2) is 48.5 Å². The van der Waals surface area contributed by atoms with Gasteiger partial charge >= 0.3 is 0 Å². The molecule has 2 aromatic rings. The Hall–Kier alpha value is -1.93. The Bertz CT molecular complexity index is 657. The maximum atomic E-state index is 13.2. The number of ether oxygens (including phenoxy) is 1. The highest BCUT2D eigenvalue weighted by molar-refractivity contribution is 6.01. The second-order valence-electron chi connectivity index (χ2n) is 6.22. The normalized spacial score (nSPS) is 14.3. The highest BCUT2D eigenvalue weighted by Gasteiger charge is 2.48. The zero-order chi connectivity index (χ0) is 16.3. The second-order valence-corrected chi connectivity index (χ2v) is 6.22. The highest BCUT2D eigenvalue weighted by Crippen LogP contribution is 2.50. The van der Waals surface area contributed by atoms with Crippen LogP contribution in [0.1, 0.15) is 44.2 Å². The molecular weight excluding hydrogens is 284 g/mol. The molecule has 0 N–H and O–H groups in total. The Morgan fingerprint density at radius 2 is 1.48 bits per heavy atom. The van der Waals surface area contributed by atoms with Gasteiger partial charge in [-0.1, -0.05) is 62.4 Å². The van der Waals surface area contributed by atoms with Crippen molar-refractivity contribution >= 4 is 5.78 Å². The molecule has 1 aliphatic carbocycles. The van der Waals surface area contributed by atoms with Crippen molar-refractivity contribution in [2.24, 2.45) is 0 Å². The van der Waals surface area contributed by atoms with Crippen molar-refractivity contribution in [3.05, 3.63) is 59.7 Å². The second kappa shape index (κ2) is 6.67. The summed E-state index contributed by atoms with van der Waals surface area (Å²) < 4.78 is 5.93. The maximum Gasteiger partial charge on any atom is 0.150 e. The lowest BCUT2D eigenvalue weighted by Gasteiger charge is -2.30. The first-order chi connectivity index (χ1) is 11.3. The number of ketones is 1. The van der Waals surface area contributed by atoms with Gasteiger partial charge in [0.05, 0.1) is 6.61 Å². The number of rotatable bonds is 7. The van der Waals surface area contributed by atoms with Crippen molar-refractivity contribution in [1.29, 1.82) is 0 Å². The van der Waals surface area contributed by atoms with Crippen LogP contribution in [-0.2, 0) is 14.9 Å².